The molecule has 0 aliphatic heterocycles. The maximum Gasteiger partial charge on any atom is 0.258 e. The molecule has 4 N–H and O–H groups in total. The molecule has 0 atom stereocenters. The number of ether oxygens (including phenoxy) is 1. The highest BCUT2D eigenvalue weighted by Gasteiger charge is 2.23. The number of benzene rings is 3. The van der Waals surface area contributed by atoms with Crippen LogP contribution in [0.25, 0.3) is 21.9 Å². The zero-order chi connectivity index (χ0) is 26.5. The first kappa shape index (κ1) is 25.7. The predicted octanol–water partition coefficient (Wildman–Crippen LogP) is 3.73. The van der Waals surface area contributed by atoms with Crippen molar-refractivity contribution in [3.63, 3.8) is 0 Å². The zero-order valence-electron chi connectivity index (χ0n) is 21.4. The SMILES string of the molecule is NC(=O)c1ccc(CC2CC2)c(-c2ccc3c(=O)n(Cc4cccc(OCCNCCO)c4)ccc3c2)c1. The van der Waals surface area contributed by atoms with Gasteiger partial charge in [0.1, 0.15) is 12.4 Å². The summed E-state index contributed by atoms with van der Waals surface area (Å²) in [5, 5.41) is 13.4. The van der Waals surface area contributed by atoms with Gasteiger partial charge in [0.25, 0.3) is 5.56 Å². The van der Waals surface area contributed by atoms with Gasteiger partial charge >= 0.3 is 0 Å². The molecule has 5 rings (SSSR count). The molecule has 196 valence electrons. The Kier molecular flexibility index (Phi) is 7.86. The third-order valence-corrected chi connectivity index (χ3v) is 6.98. The van der Waals surface area contributed by atoms with Crippen molar-refractivity contribution >= 4 is 16.7 Å². The summed E-state index contributed by atoms with van der Waals surface area (Å²) in [5.41, 5.74) is 10.1. The minimum Gasteiger partial charge on any atom is -0.492 e. The second-order valence-corrected chi connectivity index (χ2v) is 9.90. The van der Waals surface area contributed by atoms with Gasteiger partial charge in [-0.15, -0.1) is 0 Å². The van der Waals surface area contributed by atoms with Crippen LogP contribution >= 0.6 is 0 Å². The van der Waals surface area contributed by atoms with Crippen LogP contribution in [0.2, 0.25) is 0 Å². The highest BCUT2D eigenvalue weighted by molar-refractivity contribution is 5.95. The first-order chi connectivity index (χ1) is 18.5. The van der Waals surface area contributed by atoms with Crippen LogP contribution in [0.3, 0.4) is 0 Å². The van der Waals surface area contributed by atoms with Crippen LogP contribution in [0.1, 0.15) is 34.3 Å². The van der Waals surface area contributed by atoms with Gasteiger partial charge in [0, 0.05) is 30.2 Å². The number of nitrogens with zero attached hydrogens (tertiary/aromatic N) is 1. The van der Waals surface area contributed by atoms with Gasteiger partial charge in [0.05, 0.1) is 13.2 Å². The van der Waals surface area contributed by atoms with E-state index in [1.54, 1.807) is 10.6 Å². The van der Waals surface area contributed by atoms with E-state index in [-0.39, 0.29) is 12.2 Å². The molecule has 0 unspecified atom stereocenters. The Morgan fingerprint density at radius 3 is 2.71 bits per heavy atom. The van der Waals surface area contributed by atoms with Gasteiger partial charge < -0.3 is 25.5 Å². The third-order valence-electron chi connectivity index (χ3n) is 6.98. The van der Waals surface area contributed by atoms with Crippen molar-refractivity contribution in [2.24, 2.45) is 11.7 Å². The maximum absolute atomic E-state index is 13.3. The molecule has 1 heterocycles. The molecular formula is C31H33N3O4. The fourth-order valence-corrected chi connectivity index (χ4v) is 4.76. The van der Waals surface area contributed by atoms with Crippen LogP contribution in [0.15, 0.2) is 77.7 Å². The molecule has 1 aliphatic carbocycles. The molecule has 1 aliphatic rings. The molecule has 7 heteroatoms. The number of primary amides is 1. The van der Waals surface area contributed by atoms with Crippen molar-refractivity contribution in [2.45, 2.75) is 25.8 Å². The lowest BCUT2D eigenvalue weighted by Crippen LogP contribution is -2.24. The van der Waals surface area contributed by atoms with Crippen molar-refractivity contribution in [1.82, 2.24) is 9.88 Å². The molecule has 38 heavy (non-hydrogen) atoms. The Morgan fingerprint density at radius 2 is 1.92 bits per heavy atom. The highest BCUT2D eigenvalue weighted by atomic mass is 16.5. The molecule has 0 bridgehead atoms. The van der Waals surface area contributed by atoms with E-state index >= 15 is 0 Å². The molecule has 3 aromatic carbocycles. The normalized spacial score (nSPS) is 13.1. The number of pyridine rings is 1. The van der Waals surface area contributed by atoms with E-state index in [2.05, 4.69) is 5.32 Å². The van der Waals surface area contributed by atoms with E-state index in [1.165, 1.54) is 18.4 Å². The number of nitrogens with one attached hydrogen (secondary N) is 1. The van der Waals surface area contributed by atoms with Gasteiger partial charge in [-0.1, -0.05) is 24.3 Å². The van der Waals surface area contributed by atoms with Gasteiger partial charge in [-0.2, -0.15) is 0 Å². The molecule has 1 saturated carbocycles. The molecule has 7 nitrogen and oxygen atoms in total. The van der Waals surface area contributed by atoms with Crippen LogP contribution in [-0.4, -0.2) is 41.9 Å². The van der Waals surface area contributed by atoms with E-state index < -0.39 is 5.91 Å². The number of aliphatic hydroxyl groups excluding tert-OH is 1. The molecule has 0 radical (unpaired) electrons. The van der Waals surface area contributed by atoms with E-state index in [1.807, 2.05) is 66.9 Å². The number of aromatic nitrogens is 1. The largest absolute Gasteiger partial charge is 0.492 e. The van der Waals surface area contributed by atoms with Crippen molar-refractivity contribution in [2.75, 3.05) is 26.3 Å². The number of hydrogen-bond acceptors (Lipinski definition) is 5. The van der Waals surface area contributed by atoms with Crippen molar-refractivity contribution < 1.29 is 14.6 Å². The van der Waals surface area contributed by atoms with Gasteiger partial charge in [-0.05, 0) is 95.3 Å². The Hall–Kier alpha value is -3.94. The number of rotatable bonds is 12. The maximum atomic E-state index is 13.3. The summed E-state index contributed by atoms with van der Waals surface area (Å²) in [4.78, 5) is 25.2. The minimum atomic E-state index is -0.444. The summed E-state index contributed by atoms with van der Waals surface area (Å²) < 4.78 is 7.49. The number of hydrogen-bond donors (Lipinski definition) is 3. The first-order valence-corrected chi connectivity index (χ1v) is 13.1. The van der Waals surface area contributed by atoms with Crippen LogP contribution in [0.4, 0.5) is 0 Å². The summed E-state index contributed by atoms with van der Waals surface area (Å²) in [6.45, 7) is 2.21. The number of aliphatic hydroxyl groups is 1. The Bertz CT molecular complexity index is 1510. The van der Waals surface area contributed by atoms with Crippen LogP contribution < -0.4 is 21.3 Å². The molecule has 4 aromatic rings. The Labute approximate surface area is 221 Å². The van der Waals surface area contributed by atoms with E-state index in [0.29, 0.717) is 43.1 Å². The molecule has 1 fully saturated rings. The second kappa shape index (κ2) is 11.6. The van der Waals surface area contributed by atoms with Crippen molar-refractivity contribution in [3.8, 4) is 16.9 Å². The molecule has 0 saturated heterocycles. The lowest BCUT2D eigenvalue weighted by atomic mass is 9.93. The van der Waals surface area contributed by atoms with Crippen molar-refractivity contribution in [1.29, 1.82) is 0 Å². The lowest BCUT2D eigenvalue weighted by molar-refractivity contribution is 0.100. The summed E-state index contributed by atoms with van der Waals surface area (Å²) in [6.07, 6.45) is 5.29. The quantitative estimate of drug-likeness (QED) is 0.251. The standard InChI is InChI=1S/C31H33N3O4/c32-30(36)26-7-6-23(16-21-4-5-21)29(19-26)24-8-9-28-25(18-24)10-13-34(31(28)37)20-22-2-1-3-27(17-22)38-15-12-33-11-14-35/h1-3,6-10,13,17-19,21,33,35H,4-5,11-12,14-16,20H2,(H2,32,36). The van der Waals surface area contributed by atoms with E-state index in [4.69, 9.17) is 15.6 Å². The average Bonchev–Trinajstić information content (AvgIpc) is 3.74. The molecule has 1 aromatic heterocycles. The molecule has 0 spiro atoms. The average molecular weight is 512 g/mol. The Morgan fingerprint density at radius 1 is 1.05 bits per heavy atom. The number of amides is 1. The fourth-order valence-electron chi connectivity index (χ4n) is 4.76. The monoisotopic (exact) mass is 511 g/mol. The summed E-state index contributed by atoms with van der Waals surface area (Å²) in [7, 11) is 0. The van der Waals surface area contributed by atoms with Crippen LogP contribution in [-0.2, 0) is 13.0 Å². The summed E-state index contributed by atoms with van der Waals surface area (Å²) in [6, 6.07) is 21.3. The van der Waals surface area contributed by atoms with E-state index in [9.17, 15) is 9.59 Å². The minimum absolute atomic E-state index is 0.0577. The number of nitrogens with two attached hydrogens (primary N) is 1. The van der Waals surface area contributed by atoms with Gasteiger partial charge in [-0.25, -0.2) is 0 Å². The Balaban J connectivity index is 1.38. The van der Waals surface area contributed by atoms with Gasteiger partial charge in [-0.3, -0.25) is 9.59 Å². The van der Waals surface area contributed by atoms with Gasteiger partial charge in [0.15, 0.2) is 0 Å². The first-order valence-electron chi connectivity index (χ1n) is 13.1. The van der Waals surface area contributed by atoms with Crippen LogP contribution in [0, 0.1) is 5.92 Å². The van der Waals surface area contributed by atoms with Crippen LogP contribution in [0.5, 0.6) is 5.75 Å². The van der Waals surface area contributed by atoms with Crippen molar-refractivity contribution in [3.05, 3.63) is 100.0 Å². The topological polar surface area (TPSA) is 107 Å². The van der Waals surface area contributed by atoms with E-state index in [0.717, 1.165) is 34.2 Å². The number of carbonyl (C=O) groups is 1. The third kappa shape index (κ3) is 6.13. The lowest BCUT2D eigenvalue weighted by Gasteiger charge is -2.13. The zero-order valence-corrected chi connectivity index (χ0v) is 21.4. The summed E-state index contributed by atoms with van der Waals surface area (Å²) in [5.74, 6) is 1.00. The molecule has 1 amide bonds. The second-order valence-electron chi connectivity index (χ2n) is 9.90. The highest BCUT2D eigenvalue weighted by Crippen LogP contribution is 2.36. The predicted molar refractivity (Wildman–Crippen MR) is 150 cm³/mol. The number of fused-ring (bicyclic) bond motifs is 1. The molecular weight excluding hydrogens is 478 g/mol. The number of carbonyl (C=O) groups excluding carboxylic acids is 1. The fraction of sp³-hybridized carbons (Fsp3) is 0.290. The van der Waals surface area contributed by atoms with Gasteiger partial charge in [0.2, 0.25) is 5.91 Å². The smallest absolute Gasteiger partial charge is 0.258 e. The summed E-state index contributed by atoms with van der Waals surface area (Å²) >= 11 is 0.